The number of hydrogen-bond acceptors (Lipinski definition) is 5. The zero-order valence-corrected chi connectivity index (χ0v) is 12.0. The highest BCUT2D eigenvalue weighted by Crippen LogP contribution is 2.25. The molecule has 7 nitrogen and oxygen atoms in total. The van der Waals surface area contributed by atoms with Crippen molar-refractivity contribution in [3.8, 4) is 5.75 Å². The number of ether oxygens (including phenoxy) is 3. The van der Waals surface area contributed by atoms with Gasteiger partial charge in [-0.25, -0.2) is 0 Å². The van der Waals surface area contributed by atoms with Crippen molar-refractivity contribution in [2.75, 3.05) is 52.7 Å². The highest BCUT2D eigenvalue weighted by molar-refractivity contribution is 5.45. The summed E-state index contributed by atoms with van der Waals surface area (Å²) in [6.45, 7) is 6.03. The van der Waals surface area contributed by atoms with Crippen LogP contribution < -0.4 is 9.64 Å². The van der Waals surface area contributed by atoms with Gasteiger partial charge < -0.3 is 19.1 Å². The SMILES string of the molecule is O=[N+]([O-])c1ccccc1OCCOCC[NH+]1CCOCC1. The van der Waals surface area contributed by atoms with Gasteiger partial charge >= 0.3 is 5.69 Å². The second-order valence-electron chi connectivity index (χ2n) is 4.80. The fourth-order valence-electron chi connectivity index (χ4n) is 2.17. The van der Waals surface area contributed by atoms with Crippen molar-refractivity contribution in [1.29, 1.82) is 0 Å². The Hall–Kier alpha value is -1.70. The van der Waals surface area contributed by atoms with Crippen molar-refractivity contribution in [3.63, 3.8) is 0 Å². The zero-order valence-electron chi connectivity index (χ0n) is 12.0. The van der Waals surface area contributed by atoms with Gasteiger partial charge in [0.05, 0.1) is 31.4 Å². The van der Waals surface area contributed by atoms with Crippen LogP contribution in [-0.2, 0) is 9.47 Å². The molecule has 2 rings (SSSR count). The number of para-hydroxylation sites is 2. The number of rotatable bonds is 8. The number of morpholine rings is 1. The Labute approximate surface area is 123 Å². The molecule has 1 aromatic carbocycles. The second kappa shape index (κ2) is 8.56. The highest BCUT2D eigenvalue weighted by atomic mass is 16.6. The van der Waals surface area contributed by atoms with Crippen LogP contribution in [0.5, 0.6) is 5.75 Å². The Morgan fingerprint density at radius 1 is 1.19 bits per heavy atom. The van der Waals surface area contributed by atoms with Crippen molar-refractivity contribution in [2.45, 2.75) is 0 Å². The summed E-state index contributed by atoms with van der Waals surface area (Å²) >= 11 is 0. The fraction of sp³-hybridized carbons (Fsp3) is 0.571. The van der Waals surface area contributed by atoms with Crippen molar-refractivity contribution in [1.82, 2.24) is 0 Å². The molecule has 1 aliphatic rings. The van der Waals surface area contributed by atoms with Crippen LogP contribution in [0.4, 0.5) is 5.69 Å². The number of nitro groups is 1. The first kappa shape index (κ1) is 15.7. The highest BCUT2D eigenvalue weighted by Gasteiger charge is 2.14. The number of quaternary nitrogens is 1. The summed E-state index contributed by atoms with van der Waals surface area (Å²) in [6.07, 6.45) is 0. The van der Waals surface area contributed by atoms with Gasteiger partial charge in [0, 0.05) is 6.07 Å². The van der Waals surface area contributed by atoms with E-state index in [1.807, 2.05) is 0 Å². The summed E-state index contributed by atoms with van der Waals surface area (Å²) in [5, 5.41) is 10.8. The van der Waals surface area contributed by atoms with Crippen molar-refractivity contribution < 1.29 is 24.0 Å². The van der Waals surface area contributed by atoms with E-state index in [1.54, 1.807) is 18.2 Å². The first-order valence-corrected chi connectivity index (χ1v) is 7.12. The molecule has 0 radical (unpaired) electrons. The maximum atomic E-state index is 10.8. The topological polar surface area (TPSA) is 75.3 Å². The third-order valence-corrected chi connectivity index (χ3v) is 3.35. The molecule has 21 heavy (non-hydrogen) atoms. The van der Waals surface area contributed by atoms with E-state index in [4.69, 9.17) is 14.2 Å². The first-order chi connectivity index (χ1) is 10.3. The average molecular weight is 297 g/mol. The summed E-state index contributed by atoms with van der Waals surface area (Å²) in [6, 6.07) is 6.35. The lowest BCUT2D eigenvalue weighted by molar-refractivity contribution is -0.908. The number of benzene rings is 1. The molecule has 116 valence electrons. The van der Waals surface area contributed by atoms with Gasteiger partial charge in [0.15, 0.2) is 5.75 Å². The maximum absolute atomic E-state index is 10.8. The van der Waals surface area contributed by atoms with E-state index < -0.39 is 4.92 Å². The van der Waals surface area contributed by atoms with Crippen LogP contribution in [0.25, 0.3) is 0 Å². The predicted molar refractivity (Wildman–Crippen MR) is 75.8 cm³/mol. The number of nitrogens with zero attached hydrogens (tertiary/aromatic N) is 1. The van der Waals surface area contributed by atoms with Crippen LogP contribution >= 0.6 is 0 Å². The van der Waals surface area contributed by atoms with Gasteiger partial charge in [0.2, 0.25) is 0 Å². The summed E-state index contributed by atoms with van der Waals surface area (Å²) < 4.78 is 16.2. The van der Waals surface area contributed by atoms with E-state index >= 15 is 0 Å². The Balaban J connectivity index is 1.60. The van der Waals surface area contributed by atoms with Crippen molar-refractivity contribution >= 4 is 5.69 Å². The van der Waals surface area contributed by atoms with Crippen LogP contribution in [0.2, 0.25) is 0 Å². The normalized spacial score (nSPS) is 15.8. The molecule has 1 aromatic rings. The monoisotopic (exact) mass is 297 g/mol. The molecule has 0 amide bonds. The minimum Gasteiger partial charge on any atom is -0.484 e. The minimum atomic E-state index is -0.446. The van der Waals surface area contributed by atoms with E-state index in [-0.39, 0.29) is 11.4 Å². The molecule has 0 unspecified atom stereocenters. The lowest BCUT2D eigenvalue weighted by Gasteiger charge is -2.23. The van der Waals surface area contributed by atoms with E-state index in [2.05, 4.69) is 0 Å². The smallest absolute Gasteiger partial charge is 0.310 e. The van der Waals surface area contributed by atoms with E-state index in [1.165, 1.54) is 11.0 Å². The molecular formula is C14H21N2O5+. The molecule has 0 aromatic heterocycles. The summed E-state index contributed by atoms with van der Waals surface area (Å²) in [7, 11) is 0. The summed E-state index contributed by atoms with van der Waals surface area (Å²) in [4.78, 5) is 11.9. The van der Waals surface area contributed by atoms with Crippen molar-refractivity contribution in [2.24, 2.45) is 0 Å². The molecule has 1 heterocycles. The number of nitro benzene ring substituents is 1. The van der Waals surface area contributed by atoms with Crippen LogP contribution in [0.3, 0.4) is 0 Å². The average Bonchev–Trinajstić information content (AvgIpc) is 2.52. The van der Waals surface area contributed by atoms with Gasteiger partial charge in [-0.05, 0) is 6.07 Å². The quantitative estimate of drug-likeness (QED) is 0.412. The molecule has 1 saturated heterocycles. The molecule has 0 bridgehead atoms. The molecule has 1 fully saturated rings. The Bertz CT molecular complexity index is 449. The molecule has 0 aliphatic carbocycles. The van der Waals surface area contributed by atoms with Gasteiger partial charge in [0.25, 0.3) is 0 Å². The molecular weight excluding hydrogens is 276 g/mol. The van der Waals surface area contributed by atoms with Crippen LogP contribution in [-0.4, -0.2) is 57.6 Å². The lowest BCUT2D eigenvalue weighted by atomic mass is 10.3. The molecule has 0 saturated carbocycles. The Morgan fingerprint density at radius 2 is 1.95 bits per heavy atom. The van der Waals surface area contributed by atoms with Crippen LogP contribution in [0.1, 0.15) is 0 Å². The first-order valence-electron chi connectivity index (χ1n) is 7.12. The molecule has 0 atom stereocenters. The lowest BCUT2D eigenvalue weighted by Crippen LogP contribution is -3.14. The van der Waals surface area contributed by atoms with E-state index in [0.29, 0.717) is 19.8 Å². The van der Waals surface area contributed by atoms with Crippen molar-refractivity contribution in [3.05, 3.63) is 34.4 Å². The Morgan fingerprint density at radius 3 is 2.71 bits per heavy atom. The van der Waals surface area contributed by atoms with Gasteiger partial charge in [-0.15, -0.1) is 0 Å². The second-order valence-corrected chi connectivity index (χ2v) is 4.80. The van der Waals surface area contributed by atoms with E-state index in [0.717, 1.165) is 32.8 Å². The predicted octanol–water partition coefficient (Wildman–Crippen LogP) is -0.0947. The maximum Gasteiger partial charge on any atom is 0.310 e. The molecule has 7 heteroatoms. The Kier molecular flexibility index (Phi) is 6.39. The number of nitrogens with one attached hydrogen (secondary N) is 1. The molecule has 0 spiro atoms. The third-order valence-electron chi connectivity index (χ3n) is 3.35. The molecule has 1 N–H and O–H groups in total. The number of hydrogen-bond donors (Lipinski definition) is 1. The molecule has 1 aliphatic heterocycles. The minimum absolute atomic E-state index is 0.0183. The van der Waals surface area contributed by atoms with Gasteiger partial charge in [-0.2, -0.15) is 0 Å². The summed E-state index contributed by atoms with van der Waals surface area (Å²) in [5.74, 6) is 0.282. The largest absolute Gasteiger partial charge is 0.484 e. The fourth-order valence-corrected chi connectivity index (χ4v) is 2.17. The van der Waals surface area contributed by atoms with Gasteiger partial charge in [-0.1, -0.05) is 12.1 Å². The third kappa shape index (κ3) is 5.30. The van der Waals surface area contributed by atoms with E-state index in [9.17, 15) is 10.1 Å². The summed E-state index contributed by atoms with van der Waals surface area (Å²) in [5.41, 5.74) is -0.0183. The zero-order chi connectivity index (χ0) is 14.9. The van der Waals surface area contributed by atoms with Crippen LogP contribution in [0.15, 0.2) is 24.3 Å². The van der Waals surface area contributed by atoms with Gasteiger partial charge in [-0.3, -0.25) is 10.1 Å². The van der Waals surface area contributed by atoms with Crippen LogP contribution in [0, 0.1) is 10.1 Å². The standard InChI is InChI=1S/C14H20N2O5/c17-16(18)13-3-1-2-4-14(13)21-12-11-20-10-7-15-5-8-19-9-6-15/h1-4H,5-12H2/p+1. The van der Waals surface area contributed by atoms with Gasteiger partial charge in [0.1, 0.15) is 26.2 Å².